The minimum absolute atomic E-state index is 0.0292. The summed E-state index contributed by atoms with van der Waals surface area (Å²) in [5, 5.41) is 1.98. The minimum atomic E-state index is -0.314. The highest BCUT2D eigenvalue weighted by atomic mass is 19.1. The third-order valence-electron chi connectivity index (χ3n) is 5.48. The number of halogens is 1. The molecule has 4 aromatic rings. The third kappa shape index (κ3) is 2.69. The van der Waals surface area contributed by atoms with E-state index in [1.54, 1.807) is 6.07 Å². The van der Waals surface area contributed by atoms with E-state index in [2.05, 4.69) is 4.57 Å². The maximum Gasteiger partial charge on any atom is 0.255 e. The number of amides is 1. The van der Waals surface area contributed by atoms with Gasteiger partial charge in [-0.15, -0.1) is 0 Å². The fourth-order valence-corrected chi connectivity index (χ4v) is 4.20. The van der Waals surface area contributed by atoms with E-state index in [4.69, 9.17) is 0 Å². The van der Waals surface area contributed by atoms with Crippen molar-refractivity contribution in [3.05, 3.63) is 108 Å². The lowest BCUT2D eigenvalue weighted by Gasteiger charge is -2.37. The van der Waals surface area contributed by atoms with E-state index < -0.39 is 0 Å². The Bertz CT molecular complexity index is 1170. The first-order chi connectivity index (χ1) is 13.7. The first kappa shape index (κ1) is 16.8. The van der Waals surface area contributed by atoms with Crippen LogP contribution in [0.4, 0.5) is 4.39 Å². The van der Waals surface area contributed by atoms with Crippen molar-refractivity contribution >= 4 is 16.7 Å². The molecule has 0 saturated heterocycles. The first-order valence-electron chi connectivity index (χ1n) is 9.41. The van der Waals surface area contributed by atoms with Crippen LogP contribution in [0.5, 0.6) is 0 Å². The Kier molecular flexibility index (Phi) is 3.97. The number of rotatable bonds is 2. The second-order valence-corrected chi connectivity index (χ2v) is 7.11. The van der Waals surface area contributed by atoms with Gasteiger partial charge in [0.05, 0.1) is 6.04 Å². The van der Waals surface area contributed by atoms with E-state index in [-0.39, 0.29) is 17.8 Å². The Morgan fingerprint density at radius 3 is 2.61 bits per heavy atom. The zero-order valence-electron chi connectivity index (χ0n) is 15.3. The Morgan fingerprint density at radius 2 is 1.71 bits per heavy atom. The monoisotopic (exact) mass is 370 g/mol. The van der Waals surface area contributed by atoms with Gasteiger partial charge in [0.25, 0.3) is 5.91 Å². The van der Waals surface area contributed by atoms with E-state index in [0.717, 1.165) is 28.6 Å². The topological polar surface area (TPSA) is 25.2 Å². The quantitative estimate of drug-likeness (QED) is 0.486. The van der Waals surface area contributed by atoms with Crippen LogP contribution in [0.25, 0.3) is 10.8 Å². The van der Waals surface area contributed by atoms with E-state index in [1.807, 2.05) is 71.8 Å². The molecule has 3 aromatic carbocycles. The standard InChI is InChI=1S/C24H19FN2O/c25-19-9-3-8-18(16-19)23-22-12-5-13-26(22)14-15-27(23)24(28)21-11-4-7-17-6-1-2-10-20(17)21/h1-13,16,23H,14-15H2/t23-/m1/s1. The van der Waals surface area contributed by atoms with Crippen molar-refractivity contribution in [3.63, 3.8) is 0 Å². The highest BCUT2D eigenvalue weighted by Gasteiger charge is 2.33. The molecule has 0 aliphatic carbocycles. The van der Waals surface area contributed by atoms with Gasteiger partial charge in [-0.3, -0.25) is 4.79 Å². The molecule has 1 amide bonds. The van der Waals surface area contributed by atoms with Gasteiger partial charge in [-0.25, -0.2) is 4.39 Å². The molecule has 0 unspecified atom stereocenters. The number of carbonyl (C=O) groups excluding carboxylic acids is 1. The number of benzene rings is 3. The summed E-state index contributed by atoms with van der Waals surface area (Å²) in [5.74, 6) is -0.322. The van der Waals surface area contributed by atoms with Gasteiger partial charge in [0.2, 0.25) is 0 Å². The van der Waals surface area contributed by atoms with Crippen molar-refractivity contribution in [3.8, 4) is 0 Å². The second kappa shape index (κ2) is 6.64. The van der Waals surface area contributed by atoms with E-state index in [0.29, 0.717) is 12.1 Å². The van der Waals surface area contributed by atoms with Gasteiger partial charge in [0.15, 0.2) is 0 Å². The molecule has 28 heavy (non-hydrogen) atoms. The summed E-state index contributed by atoms with van der Waals surface area (Å²) in [4.78, 5) is 15.5. The maximum absolute atomic E-state index is 14.0. The Labute approximate surface area is 162 Å². The lowest BCUT2D eigenvalue weighted by molar-refractivity contribution is 0.0666. The number of aromatic nitrogens is 1. The summed E-state index contributed by atoms with van der Waals surface area (Å²) in [7, 11) is 0. The predicted molar refractivity (Wildman–Crippen MR) is 108 cm³/mol. The van der Waals surface area contributed by atoms with Crippen molar-refractivity contribution in [2.75, 3.05) is 6.54 Å². The summed E-state index contributed by atoms with van der Waals surface area (Å²) < 4.78 is 16.1. The molecule has 0 saturated carbocycles. The van der Waals surface area contributed by atoms with Crippen molar-refractivity contribution < 1.29 is 9.18 Å². The fraction of sp³-hybridized carbons (Fsp3) is 0.125. The molecule has 2 heterocycles. The molecule has 1 aliphatic rings. The van der Waals surface area contributed by atoms with E-state index >= 15 is 0 Å². The van der Waals surface area contributed by atoms with Crippen molar-refractivity contribution in [1.82, 2.24) is 9.47 Å². The van der Waals surface area contributed by atoms with Gasteiger partial charge in [0, 0.05) is 30.5 Å². The summed E-state index contributed by atoms with van der Waals surface area (Å²) >= 11 is 0. The summed E-state index contributed by atoms with van der Waals surface area (Å²) in [6, 6.07) is 23.9. The molecule has 0 fully saturated rings. The molecule has 0 bridgehead atoms. The summed E-state index contributed by atoms with van der Waals surface area (Å²) in [6.07, 6.45) is 2.02. The molecule has 1 aromatic heterocycles. The third-order valence-corrected chi connectivity index (χ3v) is 5.48. The molecule has 1 atom stereocenters. The van der Waals surface area contributed by atoms with Gasteiger partial charge in [0.1, 0.15) is 5.82 Å². The first-order valence-corrected chi connectivity index (χ1v) is 9.41. The van der Waals surface area contributed by atoms with Crippen molar-refractivity contribution in [1.29, 1.82) is 0 Å². The lowest BCUT2D eigenvalue weighted by atomic mass is 9.97. The normalized spacial score (nSPS) is 16.2. The largest absolute Gasteiger partial charge is 0.348 e. The molecule has 1 aliphatic heterocycles. The van der Waals surface area contributed by atoms with Crippen LogP contribution >= 0.6 is 0 Å². The van der Waals surface area contributed by atoms with E-state index in [1.165, 1.54) is 12.1 Å². The zero-order chi connectivity index (χ0) is 19.1. The molecule has 0 spiro atoms. The highest BCUT2D eigenvalue weighted by Crippen LogP contribution is 2.34. The average Bonchev–Trinajstić information content (AvgIpc) is 3.21. The van der Waals surface area contributed by atoms with Gasteiger partial charge < -0.3 is 9.47 Å². The number of fused-ring (bicyclic) bond motifs is 2. The van der Waals surface area contributed by atoms with E-state index in [9.17, 15) is 9.18 Å². The number of hydrogen-bond donors (Lipinski definition) is 0. The van der Waals surface area contributed by atoms with Crippen LogP contribution in [-0.4, -0.2) is 21.9 Å². The van der Waals surface area contributed by atoms with Crippen LogP contribution < -0.4 is 0 Å². The molecule has 3 nitrogen and oxygen atoms in total. The molecular formula is C24H19FN2O. The Balaban J connectivity index is 1.64. The SMILES string of the molecule is O=C(c1cccc2ccccc12)N1CCn2cccc2[C@H]1c1cccc(F)c1. The van der Waals surface area contributed by atoms with Gasteiger partial charge in [-0.05, 0) is 46.7 Å². The maximum atomic E-state index is 14.0. The second-order valence-electron chi connectivity index (χ2n) is 7.11. The molecule has 0 N–H and O–H groups in total. The summed E-state index contributed by atoms with van der Waals surface area (Å²) in [5.41, 5.74) is 2.47. The average molecular weight is 370 g/mol. The van der Waals surface area contributed by atoms with Gasteiger partial charge in [-0.2, -0.15) is 0 Å². The molecule has 5 rings (SSSR count). The number of hydrogen-bond acceptors (Lipinski definition) is 1. The zero-order valence-corrected chi connectivity index (χ0v) is 15.3. The van der Waals surface area contributed by atoms with Crippen LogP contribution in [0.1, 0.15) is 27.7 Å². The highest BCUT2D eigenvalue weighted by molar-refractivity contribution is 6.07. The van der Waals surface area contributed by atoms with Crippen LogP contribution in [0.15, 0.2) is 85.1 Å². The van der Waals surface area contributed by atoms with Crippen molar-refractivity contribution in [2.24, 2.45) is 0 Å². The lowest BCUT2D eigenvalue weighted by Crippen LogP contribution is -2.42. The van der Waals surface area contributed by atoms with Crippen LogP contribution in [-0.2, 0) is 6.54 Å². The van der Waals surface area contributed by atoms with Gasteiger partial charge >= 0.3 is 0 Å². The van der Waals surface area contributed by atoms with Crippen LogP contribution in [0, 0.1) is 5.82 Å². The Hall–Kier alpha value is -3.40. The van der Waals surface area contributed by atoms with Crippen LogP contribution in [0.3, 0.4) is 0 Å². The molecule has 138 valence electrons. The predicted octanol–water partition coefficient (Wildman–Crippen LogP) is 5.03. The molecular weight excluding hydrogens is 351 g/mol. The fourth-order valence-electron chi connectivity index (χ4n) is 4.20. The van der Waals surface area contributed by atoms with Crippen LogP contribution in [0.2, 0.25) is 0 Å². The minimum Gasteiger partial charge on any atom is -0.348 e. The summed E-state index contributed by atoms with van der Waals surface area (Å²) in [6.45, 7) is 1.30. The number of carbonyl (C=O) groups is 1. The molecule has 4 heteroatoms. The molecule has 0 radical (unpaired) electrons. The number of nitrogens with zero attached hydrogens (tertiary/aromatic N) is 2. The smallest absolute Gasteiger partial charge is 0.255 e. The Morgan fingerprint density at radius 1 is 0.893 bits per heavy atom. The van der Waals surface area contributed by atoms with Gasteiger partial charge in [-0.1, -0.05) is 48.5 Å². The van der Waals surface area contributed by atoms with Crippen molar-refractivity contribution in [2.45, 2.75) is 12.6 Å².